The molecule has 0 saturated heterocycles. The highest BCUT2D eigenvalue weighted by Crippen LogP contribution is 2.40. The van der Waals surface area contributed by atoms with E-state index in [2.05, 4.69) is 24.3 Å². The molecule has 17 heavy (non-hydrogen) atoms. The monoisotopic (exact) mass is 236 g/mol. The number of halogens is 2. The highest BCUT2D eigenvalue weighted by molar-refractivity contribution is 5.49. The van der Waals surface area contributed by atoms with Crippen molar-refractivity contribution in [2.24, 2.45) is 0 Å². The fraction of sp³-hybridized carbons (Fsp3) is 0.467. The van der Waals surface area contributed by atoms with Gasteiger partial charge in [-0.3, -0.25) is 0 Å². The van der Waals surface area contributed by atoms with Crippen LogP contribution in [0.15, 0.2) is 30.3 Å². The molecule has 0 N–H and O–H groups in total. The maximum atomic E-state index is 13.0. The molecule has 2 heteroatoms. The van der Waals surface area contributed by atoms with Gasteiger partial charge in [0, 0.05) is 12.8 Å². The van der Waals surface area contributed by atoms with Crippen molar-refractivity contribution in [2.45, 2.75) is 44.4 Å². The smallest absolute Gasteiger partial charge is 0.207 e. The Bertz CT molecular complexity index is 380. The predicted octanol–water partition coefficient (Wildman–Crippen LogP) is 5.01. The topological polar surface area (TPSA) is 0 Å². The molecular formula is C15H18F2. The first-order valence-corrected chi connectivity index (χ1v) is 6.21. The lowest BCUT2D eigenvalue weighted by Crippen LogP contribution is -2.23. The van der Waals surface area contributed by atoms with Gasteiger partial charge in [0.15, 0.2) is 0 Å². The van der Waals surface area contributed by atoms with Crippen molar-refractivity contribution in [3.63, 3.8) is 0 Å². The number of rotatable bonds is 2. The van der Waals surface area contributed by atoms with Gasteiger partial charge in [-0.25, -0.2) is 8.78 Å². The van der Waals surface area contributed by atoms with E-state index in [1.54, 1.807) is 0 Å². The molecule has 0 bridgehead atoms. The van der Waals surface area contributed by atoms with Crippen LogP contribution >= 0.6 is 0 Å². The second-order valence-corrected chi connectivity index (χ2v) is 4.80. The molecule has 0 nitrogen and oxygen atoms in total. The maximum absolute atomic E-state index is 13.0. The molecular weight excluding hydrogens is 218 g/mol. The molecule has 0 spiro atoms. The van der Waals surface area contributed by atoms with E-state index in [1.165, 1.54) is 5.56 Å². The van der Waals surface area contributed by atoms with Crippen LogP contribution in [0.4, 0.5) is 8.78 Å². The Labute approximate surface area is 101 Å². The van der Waals surface area contributed by atoms with Crippen LogP contribution in [0.3, 0.4) is 0 Å². The standard InChI is InChI=1S/C15H18F2/c1-2-3-12-4-6-13(7-5-12)14-8-10-15(16,17)11-9-14/h2-7,14H,8-11H2,1H3. The Balaban J connectivity index is 2.04. The van der Waals surface area contributed by atoms with Gasteiger partial charge in [0.2, 0.25) is 5.92 Å². The van der Waals surface area contributed by atoms with Gasteiger partial charge in [0.1, 0.15) is 0 Å². The zero-order chi connectivity index (χ0) is 12.3. The highest BCUT2D eigenvalue weighted by atomic mass is 19.3. The summed E-state index contributed by atoms with van der Waals surface area (Å²) in [5.41, 5.74) is 2.37. The van der Waals surface area contributed by atoms with Crippen molar-refractivity contribution in [3.8, 4) is 0 Å². The van der Waals surface area contributed by atoms with Crippen molar-refractivity contribution in [2.75, 3.05) is 0 Å². The molecule has 0 atom stereocenters. The molecule has 0 aliphatic heterocycles. The Morgan fingerprint density at radius 1 is 1.12 bits per heavy atom. The molecule has 0 unspecified atom stereocenters. The Hall–Kier alpha value is -1.18. The first-order valence-electron chi connectivity index (χ1n) is 6.21. The molecule has 0 amide bonds. The molecule has 1 aromatic rings. The third-order valence-corrected chi connectivity index (χ3v) is 3.48. The fourth-order valence-electron chi connectivity index (χ4n) is 2.45. The molecule has 1 aliphatic rings. The van der Waals surface area contributed by atoms with E-state index in [9.17, 15) is 8.78 Å². The summed E-state index contributed by atoms with van der Waals surface area (Å²) in [5.74, 6) is -2.12. The average Bonchev–Trinajstić information content (AvgIpc) is 2.31. The number of alkyl halides is 2. The summed E-state index contributed by atoms with van der Waals surface area (Å²) in [6.45, 7) is 1.98. The Kier molecular flexibility index (Phi) is 3.60. The minimum Gasteiger partial charge on any atom is -0.207 e. The van der Waals surface area contributed by atoms with Crippen LogP contribution in [0, 0.1) is 0 Å². The van der Waals surface area contributed by atoms with Crippen molar-refractivity contribution < 1.29 is 8.78 Å². The average molecular weight is 236 g/mol. The van der Waals surface area contributed by atoms with E-state index in [1.807, 2.05) is 19.1 Å². The van der Waals surface area contributed by atoms with Crippen molar-refractivity contribution in [3.05, 3.63) is 41.5 Å². The second kappa shape index (κ2) is 4.99. The number of hydrogen-bond acceptors (Lipinski definition) is 0. The molecule has 1 saturated carbocycles. The zero-order valence-corrected chi connectivity index (χ0v) is 10.1. The summed E-state index contributed by atoms with van der Waals surface area (Å²) in [6, 6.07) is 8.26. The molecule has 1 aliphatic carbocycles. The minimum atomic E-state index is -2.43. The summed E-state index contributed by atoms with van der Waals surface area (Å²) in [5, 5.41) is 0. The van der Waals surface area contributed by atoms with Gasteiger partial charge in [-0.2, -0.15) is 0 Å². The maximum Gasteiger partial charge on any atom is 0.248 e. The molecule has 0 aromatic heterocycles. The SMILES string of the molecule is CC=Cc1ccc(C2CCC(F)(F)CC2)cc1. The molecule has 0 radical (unpaired) electrons. The number of allylic oxidation sites excluding steroid dienone is 1. The van der Waals surface area contributed by atoms with Crippen molar-refractivity contribution in [1.82, 2.24) is 0 Å². The number of hydrogen-bond donors (Lipinski definition) is 0. The quantitative estimate of drug-likeness (QED) is 0.677. The first-order chi connectivity index (χ1) is 8.11. The second-order valence-electron chi connectivity index (χ2n) is 4.80. The van der Waals surface area contributed by atoms with Crippen LogP contribution in [0.25, 0.3) is 6.08 Å². The van der Waals surface area contributed by atoms with Crippen LogP contribution in [0.1, 0.15) is 49.7 Å². The van der Waals surface area contributed by atoms with E-state index >= 15 is 0 Å². The lowest BCUT2D eigenvalue weighted by molar-refractivity contribution is -0.0382. The van der Waals surface area contributed by atoms with Crippen LogP contribution in [0.2, 0.25) is 0 Å². The fourth-order valence-corrected chi connectivity index (χ4v) is 2.45. The van der Waals surface area contributed by atoms with Crippen LogP contribution in [-0.4, -0.2) is 5.92 Å². The molecule has 0 heterocycles. The van der Waals surface area contributed by atoms with Crippen LogP contribution in [0.5, 0.6) is 0 Å². The van der Waals surface area contributed by atoms with E-state index in [4.69, 9.17) is 0 Å². The van der Waals surface area contributed by atoms with E-state index in [-0.39, 0.29) is 12.8 Å². The Morgan fingerprint density at radius 3 is 2.24 bits per heavy atom. The lowest BCUT2D eigenvalue weighted by Gasteiger charge is -2.28. The van der Waals surface area contributed by atoms with Gasteiger partial charge < -0.3 is 0 Å². The third kappa shape index (κ3) is 3.15. The van der Waals surface area contributed by atoms with Crippen molar-refractivity contribution in [1.29, 1.82) is 0 Å². The summed E-state index contributed by atoms with van der Waals surface area (Å²) >= 11 is 0. The number of benzene rings is 1. The first kappa shape index (κ1) is 12.3. The molecule has 1 fully saturated rings. The van der Waals surface area contributed by atoms with Gasteiger partial charge in [-0.15, -0.1) is 0 Å². The van der Waals surface area contributed by atoms with Gasteiger partial charge in [-0.1, -0.05) is 36.4 Å². The normalized spacial score (nSPS) is 20.9. The summed E-state index contributed by atoms with van der Waals surface area (Å²) in [6.07, 6.45) is 5.32. The summed E-state index contributed by atoms with van der Waals surface area (Å²) in [7, 11) is 0. The molecule has 1 aromatic carbocycles. The van der Waals surface area contributed by atoms with E-state index < -0.39 is 5.92 Å². The Morgan fingerprint density at radius 2 is 1.71 bits per heavy atom. The molecule has 92 valence electrons. The summed E-state index contributed by atoms with van der Waals surface area (Å²) in [4.78, 5) is 0. The van der Waals surface area contributed by atoms with Crippen LogP contribution < -0.4 is 0 Å². The van der Waals surface area contributed by atoms with Gasteiger partial charge in [0.05, 0.1) is 0 Å². The van der Waals surface area contributed by atoms with E-state index in [0.29, 0.717) is 18.8 Å². The van der Waals surface area contributed by atoms with E-state index in [0.717, 1.165) is 5.56 Å². The van der Waals surface area contributed by atoms with Gasteiger partial charge in [-0.05, 0) is 36.8 Å². The third-order valence-electron chi connectivity index (χ3n) is 3.48. The van der Waals surface area contributed by atoms with Gasteiger partial charge in [0.25, 0.3) is 0 Å². The van der Waals surface area contributed by atoms with Crippen molar-refractivity contribution >= 4 is 6.08 Å². The van der Waals surface area contributed by atoms with Gasteiger partial charge >= 0.3 is 0 Å². The largest absolute Gasteiger partial charge is 0.248 e. The van der Waals surface area contributed by atoms with Crippen LogP contribution in [-0.2, 0) is 0 Å². The highest BCUT2D eigenvalue weighted by Gasteiger charge is 2.35. The predicted molar refractivity (Wildman–Crippen MR) is 67.3 cm³/mol. The molecule has 2 rings (SSSR count). The summed E-state index contributed by atoms with van der Waals surface area (Å²) < 4.78 is 26.1. The lowest BCUT2D eigenvalue weighted by atomic mass is 9.82. The minimum absolute atomic E-state index is 0.0360. The zero-order valence-electron chi connectivity index (χ0n) is 10.1.